The van der Waals surface area contributed by atoms with Crippen LogP contribution in [0.15, 0.2) is 71.9 Å². The predicted octanol–water partition coefficient (Wildman–Crippen LogP) is 5.90. The molecule has 0 unspecified atom stereocenters. The van der Waals surface area contributed by atoms with Crippen LogP contribution in [-0.2, 0) is 11.4 Å². The van der Waals surface area contributed by atoms with E-state index in [2.05, 4.69) is 15.5 Å². The van der Waals surface area contributed by atoms with Gasteiger partial charge in [-0.25, -0.2) is 0 Å². The molecule has 186 valence electrons. The van der Waals surface area contributed by atoms with Gasteiger partial charge in [0.15, 0.2) is 11.0 Å². The second-order valence-electron chi connectivity index (χ2n) is 8.42. The van der Waals surface area contributed by atoms with Gasteiger partial charge < -0.3 is 14.8 Å². The maximum Gasteiger partial charge on any atom is 0.234 e. The highest BCUT2D eigenvalue weighted by molar-refractivity contribution is 7.99. The van der Waals surface area contributed by atoms with Gasteiger partial charge in [-0.2, -0.15) is 0 Å². The molecule has 4 rings (SSSR count). The van der Waals surface area contributed by atoms with Crippen molar-refractivity contribution >= 4 is 23.4 Å². The molecule has 0 saturated heterocycles. The Bertz CT molecular complexity index is 1320. The van der Waals surface area contributed by atoms with Crippen molar-refractivity contribution in [3.05, 3.63) is 89.2 Å². The zero-order valence-corrected chi connectivity index (χ0v) is 21.8. The summed E-state index contributed by atoms with van der Waals surface area (Å²) in [5.41, 5.74) is 4.96. The molecule has 0 atom stereocenters. The minimum atomic E-state index is -0.104. The van der Waals surface area contributed by atoms with E-state index in [4.69, 9.17) is 9.47 Å². The van der Waals surface area contributed by atoms with Gasteiger partial charge >= 0.3 is 0 Å². The lowest BCUT2D eigenvalue weighted by atomic mass is 10.1. The number of nitrogens with zero attached hydrogens (tertiary/aromatic N) is 3. The van der Waals surface area contributed by atoms with E-state index in [1.165, 1.54) is 11.8 Å². The highest BCUT2D eigenvalue weighted by Crippen LogP contribution is 2.25. The molecular weight excluding hydrogens is 472 g/mol. The summed E-state index contributed by atoms with van der Waals surface area (Å²) in [7, 11) is 0. The molecule has 0 aliphatic rings. The maximum absolute atomic E-state index is 12.7. The van der Waals surface area contributed by atoms with Crippen LogP contribution in [0.2, 0.25) is 0 Å². The number of anilines is 1. The first-order valence-electron chi connectivity index (χ1n) is 11.8. The molecule has 0 radical (unpaired) electrons. The Morgan fingerprint density at radius 1 is 0.889 bits per heavy atom. The molecule has 0 aliphatic heterocycles. The van der Waals surface area contributed by atoms with Gasteiger partial charge in [0.05, 0.1) is 12.4 Å². The summed E-state index contributed by atoms with van der Waals surface area (Å²) < 4.78 is 13.5. The highest BCUT2D eigenvalue weighted by Gasteiger charge is 2.17. The van der Waals surface area contributed by atoms with Crippen LogP contribution in [0.5, 0.6) is 11.5 Å². The third-order valence-electron chi connectivity index (χ3n) is 5.49. The number of hydrogen-bond donors (Lipinski definition) is 1. The Hall–Kier alpha value is -3.78. The van der Waals surface area contributed by atoms with E-state index >= 15 is 0 Å². The lowest BCUT2D eigenvalue weighted by molar-refractivity contribution is -0.113. The smallest absolute Gasteiger partial charge is 0.234 e. The van der Waals surface area contributed by atoms with Crippen molar-refractivity contribution < 1.29 is 14.3 Å². The van der Waals surface area contributed by atoms with Gasteiger partial charge in [0, 0.05) is 11.4 Å². The van der Waals surface area contributed by atoms with E-state index in [-0.39, 0.29) is 18.3 Å². The van der Waals surface area contributed by atoms with Gasteiger partial charge in [-0.3, -0.25) is 9.36 Å². The van der Waals surface area contributed by atoms with E-state index in [9.17, 15) is 4.79 Å². The number of carbonyl (C=O) groups excluding carboxylic acids is 1. The number of hydrogen-bond acceptors (Lipinski definition) is 6. The number of aryl methyl sites for hydroxylation is 3. The quantitative estimate of drug-likeness (QED) is 0.272. The molecule has 1 heterocycles. The molecule has 7 nitrogen and oxygen atoms in total. The fourth-order valence-electron chi connectivity index (χ4n) is 3.57. The van der Waals surface area contributed by atoms with Crippen LogP contribution < -0.4 is 14.8 Å². The molecule has 0 fully saturated rings. The molecule has 1 aromatic heterocycles. The summed E-state index contributed by atoms with van der Waals surface area (Å²) in [6.45, 7) is 8.80. The summed E-state index contributed by atoms with van der Waals surface area (Å²) in [5, 5.41) is 12.4. The second-order valence-corrected chi connectivity index (χ2v) is 9.36. The monoisotopic (exact) mass is 502 g/mol. The topological polar surface area (TPSA) is 78.3 Å². The van der Waals surface area contributed by atoms with Gasteiger partial charge in [0.25, 0.3) is 0 Å². The molecule has 8 heteroatoms. The van der Waals surface area contributed by atoms with E-state index in [0.717, 1.165) is 39.6 Å². The fraction of sp³-hybridized carbons (Fsp3) is 0.250. The summed E-state index contributed by atoms with van der Waals surface area (Å²) in [4.78, 5) is 12.7. The van der Waals surface area contributed by atoms with Crippen LogP contribution in [0, 0.1) is 20.8 Å². The average Bonchev–Trinajstić information content (AvgIpc) is 3.28. The average molecular weight is 503 g/mol. The molecule has 0 bridgehead atoms. The Labute approximate surface area is 215 Å². The highest BCUT2D eigenvalue weighted by atomic mass is 32.2. The van der Waals surface area contributed by atoms with E-state index in [1.54, 1.807) is 0 Å². The Morgan fingerprint density at radius 2 is 1.56 bits per heavy atom. The lowest BCUT2D eigenvalue weighted by Crippen LogP contribution is -2.15. The summed E-state index contributed by atoms with van der Waals surface area (Å²) in [5.74, 6) is 2.27. The minimum Gasteiger partial charge on any atom is -0.494 e. The summed E-state index contributed by atoms with van der Waals surface area (Å²) in [6, 6.07) is 21.6. The Kier molecular flexibility index (Phi) is 8.28. The molecule has 36 heavy (non-hydrogen) atoms. The molecule has 0 saturated carbocycles. The van der Waals surface area contributed by atoms with Gasteiger partial charge in [-0.1, -0.05) is 41.6 Å². The van der Waals surface area contributed by atoms with Gasteiger partial charge in [-0.05, 0) is 81.3 Å². The van der Waals surface area contributed by atoms with Crippen molar-refractivity contribution in [2.45, 2.75) is 39.5 Å². The first-order valence-corrected chi connectivity index (χ1v) is 12.8. The number of ether oxygens (including phenoxy) is 2. The van der Waals surface area contributed by atoms with E-state index in [0.29, 0.717) is 17.6 Å². The zero-order valence-electron chi connectivity index (χ0n) is 20.9. The Balaban J connectivity index is 1.53. The number of aromatic nitrogens is 3. The molecule has 3 aromatic carbocycles. The van der Waals surface area contributed by atoms with Crippen molar-refractivity contribution in [1.82, 2.24) is 14.8 Å². The van der Waals surface area contributed by atoms with Crippen molar-refractivity contribution in [2.75, 3.05) is 17.7 Å². The van der Waals surface area contributed by atoms with Crippen LogP contribution in [-0.4, -0.2) is 33.0 Å². The van der Waals surface area contributed by atoms with Crippen LogP contribution in [0.1, 0.15) is 29.4 Å². The van der Waals surface area contributed by atoms with Crippen LogP contribution in [0.4, 0.5) is 5.69 Å². The third kappa shape index (κ3) is 6.46. The third-order valence-corrected chi connectivity index (χ3v) is 6.42. The van der Waals surface area contributed by atoms with Crippen molar-refractivity contribution in [2.24, 2.45) is 0 Å². The van der Waals surface area contributed by atoms with Gasteiger partial charge in [0.1, 0.15) is 18.1 Å². The second kappa shape index (κ2) is 11.8. The minimum absolute atomic E-state index is 0.104. The first kappa shape index (κ1) is 25.3. The summed E-state index contributed by atoms with van der Waals surface area (Å²) in [6.07, 6.45) is 0. The number of benzene rings is 3. The standard InChI is InChI=1S/C28H30N4O3S/c1-5-34-23-14-10-22(11-15-23)32-26(17-35-24-12-7-19(2)8-13-24)30-31-28(32)36-18-27(33)29-25-16-20(3)6-9-21(25)4/h6-16H,5,17-18H2,1-4H3,(H,29,33). The molecule has 0 aliphatic carbocycles. The van der Waals surface area contributed by atoms with Gasteiger partial charge in [0.2, 0.25) is 5.91 Å². The fourth-order valence-corrected chi connectivity index (χ4v) is 4.34. The van der Waals surface area contributed by atoms with Crippen molar-refractivity contribution in [3.63, 3.8) is 0 Å². The lowest BCUT2D eigenvalue weighted by Gasteiger charge is -2.13. The van der Waals surface area contributed by atoms with Crippen molar-refractivity contribution in [3.8, 4) is 17.2 Å². The number of carbonyl (C=O) groups is 1. The normalized spacial score (nSPS) is 10.8. The maximum atomic E-state index is 12.7. The largest absolute Gasteiger partial charge is 0.494 e. The molecule has 4 aromatic rings. The van der Waals surface area contributed by atoms with Crippen LogP contribution in [0.3, 0.4) is 0 Å². The van der Waals surface area contributed by atoms with Crippen LogP contribution in [0.25, 0.3) is 5.69 Å². The summed E-state index contributed by atoms with van der Waals surface area (Å²) >= 11 is 1.33. The zero-order chi connectivity index (χ0) is 25.5. The predicted molar refractivity (Wildman–Crippen MR) is 143 cm³/mol. The van der Waals surface area contributed by atoms with E-state index in [1.807, 2.05) is 99.0 Å². The van der Waals surface area contributed by atoms with Gasteiger partial charge in [-0.15, -0.1) is 10.2 Å². The number of rotatable bonds is 10. The Morgan fingerprint density at radius 3 is 2.28 bits per heavy atom. The number of nitrogens with one attached hydrogen (secondary N) is 1. The first-order chi connectivity index (χ1) is 17.4. The molecule has 1 N–H and O–H groups in total. The molecular formula is C28H30N4O3S. The van der Waals surface area contributed by atoms with E-state index < -0.39 is 0 Å². The molecule has 1 amide bonds. The number of amides is 1. The number of thioether (sulfide) groups is 1. The SMILES string of the molecule is CCOc1ccc(-n2c(COc3ccc(C)cc3)nnc2SCC(=O)Nc2cc(C)ccc2C)cc1. The van der Waals surface area contributed by atoms with Crippen molar-refractivity contribution in [1.29, 1.82) is 0 Å². The van der Waals surface area contributed by atoms with Crippen LogP contribution >= 0.6 is 11.8 Å². The molecule has 0 spiro atoms.